The van der Waals surface area contributed by atoms with E-state index in [1.165, 1.54) is 0 Å². The summed E-state index contributed by atoms with van der Waals surface area (Å²) in [5.74, 6) is 1.35. The molecule has 0 saturated heterocycles. The first-order valence-electron chi connectivity index (χ1n) is 6.74. The Hall–Kier alpha value is -1.11. The number of halogens is 1. The Bertz CT molecular complexity index is 640. The number of nitrogens with one attached hydrogen (secondary N) is 2. The quantitative estimate of drug-likeness (QED) is 0.768. The smallest absolute Gasteiger partial charge is 0.251 e. The van der Waals surface area contributed by atoms with E-state index >= 15 is 0 Å². The van der Waals surface area contributed by atoms with Crippen LogP contribution in [-0.4, -0.2) is 16.0 Å². The van der Waals surface area contributed by atoms with E-state index < -0.39 is 0 Å². The van der Waals surface area contributed by atoms with Crippen LogP contribution in [0.5, 0.6) is 0 Å². The highest BCUT2D eigenvalue weighted by atomic mass is 79.9. The molecule has 1 aromatic carbocycles. The van der Waals surface area contributed by atoms with Crippen LogP contribution in [0.2, 0.25) is 0 Å². The van der Waals surface area contributed by atoms with Crippen LogP contribution < -0.4 is 10.9 Å². The van der Waals surface area contributed by atoms with Gasteiger partial charge in [-0.05, 0) is 24.3 Å². The number of H-pyrrole nitrogens is 1. The predicted molar refractivity (Wildman–Crippen MR) is 90.5 cm³/mol. The van der Waals surface area contributed by atoms with Gasteiger partial charge in [0.1, 0.15) is 5.82 Å². The molecule has 0 saturated carbocycles. The molecule has 2 rings (SSSR count). The summed E-state index contributed by atoms with van der Waals surface area (Å²) in [5.41, 5.74) is 0.677. The van der Waals surface area contributed by atoms with Crippen LogP contribution in [-0.2, 0) is 12.3 Å². The largest absolute Gasteiger partial charge is 0.310 e. The molecule has 0 aliphatic rings. The predicted octanol–water partition coefficient (Wildman–Crippen LogP) is 3.32. The number of aromatic nitrogens is 2. The van der Waals surface area contributed by atoms with Crippen molar-refractivity contribution in [1.29, 1.82) is 0 Å². The highest BCUT2D eigenvalue weighted by Gasteiger charge is 2.04. The second-order valence-corrected chi connectivity index (χ2v) is 6.93. The minimum Gasteiger partial charge on any atom is -0.310 e. The van der Waals surface area contributed by atoms with E-state index in [2.05, 4.69) is 45.1 Å². The van der Waals surface area contributed by atoms with Gasteiger partial charge < -0.3 is 10.3 Å². The number of benzene rings is 1. The Labute approximate surface area is 136 Å². The molecule has 0 aliphatic carbocycles. The summed E-state index contributed by atoms with van der Waals surface area (Å²) in [5, 5.41) is 3.27. The number of hydrogen-bond acceptors (Lipinski definition) is 4. The van der Waals surface area contributed by atoms with Crippen molar-refractivity contribution in [3.8, 4) is 0 Å². The van der Waals surface area contributed by atoms with Crippen LogP contribution in [0.4, 0.5) is 0 Å². The molecule has 6 heteroatoms. The number of nitrogens with zero attached hydrogens (tertiary/aromatic N) is 1. The van der Waals surface area contributed by atoms with Crippen LogP contribution in [0.25, 0.3) is 0 Å². The van der Waals surface area contributed by atoms with Gasteiger partial charge in [0, 0.05) is 28.0 Å². The average Bonchev–Trinajstić information content (AvgIpc) is 2.44. The third-order valence-electron chi connectivity index (χ3n) is 2.72. The monoisotopic (exact) mass is 367 g/mol. The Morgan fingerprint density at radius 1 is 1.33 bits per heavy atom. The van der Waals surface area contributed by atoms with E-state index in [0.29, 0.717) is 24.2 Å². The fraction of sp³-hybridized carbons (Fsp3) is 0.333. The van der Waals surface area contributed by atoms with E-state index in [-0.39, 0.29) is 5.56 Å². The first kappa shape index (κ1) is 16.3. The van der Waals surface area contributed by atoms with Crippen LogP contribution in [0.3, 0.4) is 0 Å². The van der Waals surface area contributed by atoms with Gasteiger partial charge >= 0.3 is 0 Å². The first-order chi connectivity index (χ1) is 10.0. The van der Waals surface area contributed by atoms with E-state index in [9.17, 15) is 4.79 Å². The fourth-order valence-electron chi connectivity index (χ4n) is 1.71. The summed E-state index contributed by atoms with van der Waals surface area (Å²) in [6.07, 6.45) is 0. The van der Waals surface area contributed by atoms with Gasteiger partial charge in [-0.1, -0.05) is 29.8 Å². The highest BCUT2D eigenvalue weighted by molar-refractivity contribution is 9.10. The van der Waals surface area contributed by atoms with Crippen molar-refractivity contribution in [2.24, 2.45) is 0 Å². The van der Waals surface area contributed by atoms with Crippen molar-refractivity contribution < 1.29 is 0 Å². The highest BCUT2D eigenvalue weighted by Crippen LogP contribution is 2.22. The second kappa shape index (κ2) is 7.77. The number of rotatable bonds is 6. The van der Waals surface area contributed by atoms with Crippen molar-refractivity contribution in [2.45, 2.75) is 37.1 Å². The molecule has 21 heavy (non-hydrogen) atoms. The van der Waals surface area contributed by atoms with Gasteiger partial charge in [0.2, 0.25) is 0 Å². The zero-order valence-electron chi connectivity index (χ0n) is 12.0. The maximum atomic E-state index is 11.7. The Morgan fingerprint density at radius 2 is 2.05 bits per heavy atom. The lowest BCUT2D eigenvalue weighted by atomic mass is 10.3. The lowest BCUT2D eigenvalue weighted by Crippen LogP contribution is -2.24. The summed E-state index contributed by atoms with van der Waals surface area (Å²) >= 11 is 5.06. The normalized spacial score (nSPS) is 11.0. The summed E-state index contributed by atoms with van der Waals surface area (Å²) in [6.45, 7) is 4.74. The molecular weight excluding hydrogens is 350 g/mol. The van der Waals surface area contributed by atoms with Gasteiger partial charge in [-0.2, -0.15) is 0 Å². The molecule has 0 fully saturated rings. The van der Waals surface area contributed by atoms with E-state index in [4.69, 9.17) is 0 Å². The van der Waals surface area contributed by atoms with E-state index in [0.717, 1.165) is 15.1 Å². The van der Waals surface area contributed by atoms with Crippen molar-refractivity contribution >= 4 is 27.7 Å². The van der Waals surface area contributed by atoms with Crippen LogP contribution in [0.15, 0.2) is 44.5 Å². The fourth-order valence-corrected chi connectivity index (χ4v) is 2.75. The summed E-state index contributed by atoms with van der Waals surface area (Å²) in [4.78, 5) is 20.1. The molecule has 2 aromatic rings. The first-order valence-corrected chi connectivity index (χ1v) is 8.51. The van der Waals surface area contributed by atoms with E-state index in [1.54, 1.807) is 17.8 Å². The molecule has 112 valence electrons. The number of thioether (sulfide) groups is 1. The third-order valence-corrected chi connectivity index (χ3v) is 4.28. The Balaban J connectivity index is 2.02. The molecule has 0 bridgehead atoms. The minimum atomic E-state index is -0.100. The lowest BCUT2D eigenvalue weighted by Gasteiger charge is -2.08. The summed E-state index contributed by atoms with van der Waals surface area (Å²) in [7, 11) is 0. The van der Waals surface area contributed by atoms with E-state index in [1.807, 2.05) is 24.3 Å². The SMILES string of the molecule is CC(C)NCc1cc(=O)[nH]c(CSc2ccc(Br)cc2)n1. The zero-order valence-corrected chi connectivity index (χ0v) is 14.4. The standard InChI is InChI=1S/C15H18BrN3OS/c1-10(2)17-8-12-7-15(20)19-14(18-12)9-21-13-5-3-11(16)4-6-13/h3-7,10,17H,8-9H2,1-2H3,(H,18,19,20). The topological polar surface area (TPSA) is 57.8 Å². The van der Waals surface area contributed by atoms with Gasteiger partial charge in [-0.25, -0.2) is 4.98 Å². The molecule has 0 spiro atoms. The molecule has 0 amide bonds. The zero-order chi connectivity index (χ0) is 15.2. The molecular formula is C15H18BrN3OS. The average molecular weight is 368 g/mol. The lowest BCUT2D eigenvalue weighted by molar-refractivity contribution is 0.579. The van der Waals surface area contributed by atoms with Crippen LogP contribution in [0.1, 0.15) is 25.4 Å². The Kier molecular flexibility index (Phi) is 6.02. The number of aromatic amines is 1. The van der Waals surface area contributed by atoms with Gasteiger partial charge in [0.15, 0.2) is 0 Å². The van der Waals surface area contributed by atoms with Crippen molar-refractivity contribution in [2.75, 3.05) is 0 Å². The molecule has 4 nitrogen and oxygen atoms in total. The summed E-state index contributed by atoms with van der Waals surface area (Å²) in [6, 6.07) is 9.99. The molecule has 1 aromatic heterocycles. The molecule has 0 aliphatic heterocycles. The second-order valence-electron chi connectivity index (χ2n) is 4.96. The molecule has 1 heterocycles. The van der Waals surface area contributed by atoms with Gasteiger partial charge in [0.25, 0.3) is 5.56 Å². The van der Waals surface area contributed by atoms with Crippen molar-refractivity contribution in [3.63, 3.8) is 0 Å². The van der Waals surface area contributed by atoms with Crippen LogP contribution >= 0.6 is 27.7 Å². The van der Waals surface area contributed by atoms with Gasteiger partial charge in [0.05, 0.1) is 11.4 Å². The maximum absolute atomic E-state index is 11.7. The molecule has 0 atom stereocenters. The third kappa shape index (κ3) is 5.65. The maximum Gasteiger partial charge on any atom is 0.251 e. The van der Waals surface area contributed by atoms with Gasteiger partial charge in [-0.15, -0.1) is 11.8 Å². The van der Waals surface area contributed by atoms with Gasteiger partial charge in [-0.3, -0.25) is 4.79 Å². The molecule has 0 radical (unpaired) electrons. The van der Waals surface area contributed by atoms with Crippen LogP contribution in [0, 0.1) is 0 Å². The van der Waals surface area contributed by atoms with Crippen molar-refractivity contribution in [3.05, 3.63) is 56.7 Å². The summed E-state index contributed by atoms with van der Waals surface area (Å²) < 4.78 is 1.06. The minimum absolute atomic E-state index is 0.100. The Morgan fingerprint density at radius 3 is 2.71 bits per heavy atom. The molecule has 2 N–H and O–H groups in total. The number of hydrogen-bond donors (Lipinski definition) is 2. The molecule has 0 unspecified atom stereocenters. The van der Waals surface area contributed by atoms with Crippen molar-refractivity contribution in [1.82, 2.24) is 15.3 Å².